The molecule has 0 radical (unpaired) electrons. The molecule has 0 unspecified atom stereocenters. The summed E-state index contributed by atoms with van der Waals surface area (Å²) in [6.45, 7) is 8.58. The zero-order valence-electron chi connectivity index (χ0n) is 17.2. The number of halogens is 1. The number of nitrogens with one attached hydrogen (secondary N) is 1. The van der Waals surface area contributed by atoms with E-state index in [-0.39, 0.29) is 30.1 Å². The molecule has 7 heteroatoms. The average molecular weight is 417 g/mol. The number of aryl methyl sites for hydroxylation is 2. The van der Waals surface area contributed by atoms with Gasteiger partial charge in [0.05, 0.1) is 17.3 Å². The summed E-state index contributed by atoms with van der Waals surface area (Å²) in [4.78, 5) is 27.1. The molecule has 0 bridgehead atoms. The van der Waals surface area contributed by atoms with E-state index in [4.69, 9.17) is 0 Å². The van der Waals surface area contributed by atoms with Gasteiger partial charge in [-0.05, 0) is 32.3 Å². The largest absolute Gasteiger partial charge is 0.335 e. The van der Waals surface area contributed by atoms with Crippen molar-refractivity contribution in [2.24, 2.45) is 11.8 Å². The fourth-order valence-corrected chi connectivity index (χ4v) is 5.02. The maximum Gasteiger partial charge on any atom is 0.224 e. The Morgan fingerprint density at radius 1 is 1.17 bits per heavy atom. The number of carbonyl (C=O) groups is 2. The molecule has 2 aromatic rings. The van der Waals surface area contributed by atoms with Crippen molar-refractivity contribution in [3.05, 3.63) is 52.8 Å². The Bertz CT molecular complexity index is 896. The fraction of sp³-hybridized carbons (Fsp3) is 0.500. The van der Waals surface area contributed by atoms with E-state index >= 15 is 0 Å². The zero-order valence-corrected chi connectivity index (χ0v) is 18.0. The minimum atomic E-state index is 0. The van der Waals surface area contributed by atoms with Gasteiger partial charge in [-0.1, -0.05) is 30.3 Å². The Kier molecular flexibility index (Phi) is 6.44. The van der Waals surface area contributed by atoms with Gasteiger partial charge in [0.2, 0.25) is 5.91 Å². The van der Waals surface area contributed by atoms with E-state index in [2.05, 4.69) is 27.4 Å². The van der Waals surface area contributed by atoms with Crippen molar-refractivity contribution in [2.75, 3.05) is 19.6 Å². The van der Waals surface area contributed by atoms with Crippen LogP contribution in [0, 0.1) is 25.7 Å². The summed E-state index contributed by atoms with van der Waals surface area (Å²) in [5.74, 6) is 1.19. The SMILES string of the molecule is CC(=O)c1c(C)nn(CCC(=O)N2C[C@@H]3CNC[C@@H]3[C@H]2c2ccccc2)c1C.Cl. The first-order chi connectivity index (χ1) is 13.5. The van der Waals surface area contributed by atoms with Crippen LogP contribution in [-0.4, -0.2) is 46.0 Å². The lowest BCUT2D eigenvalue weighted by molar-refractivity contribution is -0.133. The zero-order chi connectivity index (χ0) is 19.8. The van der Waals surface area contributed by atoms with Gasteiger partial charge in [0.15, 0.2) is 5.78 Å². The van der Waals surface area contributed by atoms with E-state index < -0.39 is 0 Å². The summed E-state index contributed by atoms with van der Waals surface area (Å²) < 4.78 is 1.81. The molecule has 1 aromatic carbocycles. The number of fused-ring (bicyclic) bond motifs is 1. The Morgan fingerprint density at radius 3 is 2.55 bits per heavy atom. The summed E-state index contributed by atoms with van der Waals surface area (Å²) in [6.07, 6.45) is 0.398. The lowest BCUT2D eigenvalue weighted by Gasteiger charge is -2.28. The number of aromatic nitrogens is 2. The molecule has 3 atom stereocenters. The molecular formula is C22H29ClN4O2. The summed E-state index contributed by atoms with van der Waals surface area (Å²) in [5, 5.41) is 7.96. The van der Waals surface area contributed by atoms with Gasteiger partial charge in [-0.25, -0.2) is 0 Å². The van der Waals surface area contributed by atoms with Gasteiger partial charge in [-0.3, -0.25) is 14.3 Å². The molecule has 3 heterocycles. The maximum absolute atomic E-state index is 13.2. The first-order valence-corrected chi connectivity index (χ1v) is 10.1. The van der Waals surface area contributed by atoms with E-state index in [1.807, 2.05) is 32.0 Å². The predicted octanol–water partition coefficient (Wildman–Crippen LogP) is 2.93. The van der Waals surface area contributed by atoms with Crippen molar-refractivity contribution < 1.29 is 9.59 Å². The summed E-state index contributed by atoms with van der Waals surface area (Å²) >= 11 is 0. The lowest BCUT2D eigenvalue weighted by Crippen LogP contribution is -2.35. The highest BCUT2D eigenvalue weighted by molar-refractivity contribution is 5.96. The number of hydrogen-bond acceptors (Lipinski definition) is 4. The molecule has 29 heavy (non-hydrogen) atoms. The molecule has 4 rings (SSSR count). The standard InChI is InChI=1S/C22H28N4O2.ClH/c1-14-21(16(3)27)15(2)26(24-14)10-9-20(28)25-13-18-11-23-12-19(18)22(25)17-7-5-4-6-8-17;/h4-8,18-19,22-23H,9-13H2,1-3H3;1H/t18-,19-,22+;/m0./s1. The van der Waals surface area contributed by atoms with Crippen LogP contribution in [0.5, 0.6) is 0 Å². The Labute approximate surface area is 178 Å². The molecule has 0 saturated carbocycles. The van der Waals surface area contributed by atoms with E-state index in [1.54, 1.807) is 11.6 Å². The molecule has 2 saturated heterocycles. The van der Waals surface area contributed by atoms with Gasteiger partial charge in [-0.15, -0.1) is 12.4 Å². The van der Waals surface area contributed by atoms with Crippen molar-refractivity contribution in [3.63, 3.8) is 0 Å². The Balaban J connectivity index is 0.00000240. The van der Waals surface area contributed by atoms with Crippen molar-refractivity contribution >= 4 is 24.1 Å². The van der Waals surface area contributed by atoms with Crippen LogP contribution in [0.2, 0.25) is 0 Å². The number of amides is 1. The normalized spacial score (nSPS) is 23.0. The smallest absolute Gasteiger partial charge is 0.224 e. The number of likely N-dealkylation sites (tertiary alicyclic amines) is 1. The van der Waals surface area contributed by atoms with Gasteiger partial charge in [0.25, 0.3) is 0 Å². The highest BCUT2D eigenvalue weighted by atomic mass is 35.5. The first-order valence-electron chi connectivity index (χ1n) is 10.1. The van der Waals surface area contributed by atoms with Gasteiger partial charge < -0.3 is 10.2 Å². The number of carbonyl (C=O) groups excluding carboxylic acids is 2. The molecule has 2 aliphatic heterocycles. The average Bonchev–Trinajstić information content (AvgIpc) is 3.33. The number of Topliss-reactive ketones (excluding diaryl/α,β-unsaturated/α-hetero) is 1. The third kappa shape index (κ3) is 3.96. The molecule has 2 aliphatic rings. The third-order valence-electron chi connectivity index (χ3n) is 6.30. The minimum absolute atomic E-state index is 0. The third-order valence-corrected chi connectivity index (χ3v) is 6.30. The van der Waals surface area contributed by atoms with Crippen LogP contribution in [0.4, 0.5) is 0 Å². The van der Waals surface area contributed by atoms with Crippen LogP contribution < -0.4 is 5.32 Å². The molecule has 156 valence electrons. The minimum Gasteiger partial charge on any atom is -0.335 e. The van der Waals surface area contributed by atoms with Gasteiger partial charge in [0, 0.05) is 44.2 Å². The molecule has 1 N–H and O–H groups in total. The molecule has 1 amide bonds. The summed E-state index contributed by atoms with van der Waals surface area (Å²) in [6, 6.07) is 10.5. The topological polar surface area (TPSA) is 67.2 Å². The van der Waals surface area contributed by atoms with E-state index in [0.717, 1.165) is 31.0 Å². The van der Waals surface area contributed by atoms with Crippen LogP contribution in [0.15, 0.2) is 30.3 Å². The second-order valence-corrected chi connectivity index (χ2v) is 8.06. The van der Waals surface area contributed by atoms with Crippen LogP contribution >= 0.6 is 12.4 Å². The second-order valence-electron chi connectivity index (χ2n) is 8.06. The summed E-state index contributed by atoms with van der Waals surface area (Å²) in [7, 11) is 0. The number of benzene rings is 1. The van der Waals surface area contributed by atoms with E-state index in [0.29, 0.717) is 30.4 Å². The highest BCUT2D eigenvalue weighted by Gasteiger charge is 2.46. The Morgan fingerprint density at radius 2 is 1.90 bits per heavy atom. The molecule has 0 spiro atoms. The number of rotatable bonds is 5. The molecule has 6 nitrogen and oxygen atoms in total. The fourth-order valence-electron chi connectivity index (χ4n) is 5.02. The highest BCUT2D eigenvalue weighted by Crippen LogP contribution is 2.42. The maximum atomic E-state index is 13.2. The van der Waals surface area contributed by atoms with Crippen LogP contribution in [0.3, 0.4) is 0 Å². The lowest BCUT2D eigenvalue weighted by atomic mass is 9.89. The molecule has 1 aromatic heterocycles. The van der Waals surface area contributed by atoms with E-state index in [1.165, 1.54) is 5.56 Å². The second kappa shape index (κ2) is 8.67. The van der Waals surface area contributed by atoms with Crippen molar-refractivity contribution in [1.82, 2.24) is 20.0 Å². The number of ketones is 1. The van der Waals surface area contributed by atoms with Crippen LogP contribution in [0.25, 0.3) is 0 Å². The predicted molar refractivity (Wildman–Crippen MR) is 114 cm³/mol. The van der Waals surface area contributed by atoms with Crippen LogP contribution in [0.1, 0.15) is 46.7 Å². The quantitative estimate of drug-likeness (QED) is 0.761. The Hall–Kier alpha value is -2.18. The van der Waals surface area contributed by atoms with Gasteiger partial charge in [0.1, 0.15) is 0 Å². The monoisotopic (exact) mass is 416 g/mol. The van der Waals surface area contributed by atoms with Crippen molar-refractivity contribution in [1.29, 1.82) is 0 Å². The summed E-state index contributed by atoms with van der Waals surface area (Å²) in [5.41, 5.74) is 3.48. The van der Waals surface area contributed by atoms with Crippen molar-refractivity contribution in [3.8, 4) is 0 Å². The number of hydrogen-bond donors (Lipinski definition) is 1. The van der Waals surface area contributed by atoms with Gasteiger partial charge in [-0.2, -0.15) is 5.10 Å². The van der Waals surface area contributed by atoms with Gasteiger partial charge >= 0.3 is 0 Å². The van der Waals surface area contributed by atoms with E-state index in [9.17, 15) is 9.59 Å². The van der Waals surface area contributed by atoms with Crippen molar-refractivity contribution in [2.45, 2.75) is 39.8 Å². The molecular weight excluding hydrogens is 388 g/mol. The molecule has 2 fully saturated rings. The van der Waals surface area contributed by atoms with Crippen LogP contribution in [-0.2, 0) is 11.3 Å². The number of nitrogens with zero attached hydrogens (tertiary/aromatic N) is 3. The molecule has 0 aliphatic carbocycles. The first kappa shape index (κ1) is 21.5.